The molecule has 3 aromatic rings. The Hall–Kier alpha value is -4.27. The SMILES string of the molecule is CC(=O)Nc1cccc(C(=O)Nc2cn[nH]c2C(=O)NCC(=O)c2ccccc2)c1. The van der Waals surface area contributed by atoms with Crippen LogP contribution in [0.15, 0.2) is 60.8 Å². The molecular weight excluding hydrogens is 386 g/mol. The van der Waals surface area contributed by atoms with Gasteiger partial charge in [-0.3, -0.25) is 24.3 Å². The van der Waals surface area contributed by atoms with Crippen molar-refractivity contribution >= 4 is 34.9 Å². The van der Waals surface area contributed by atoms with E-state index in [1.54, 1.807) is 48.5 Å². The highest BCUT2D eigenvalue weighted by atomic mass is 16.2. The van der Waals surface area contributed by atoms with Crippen LogP contribution in [0, 0.1) is 0 Å². The van der Waals surface area contributed by atoms with E-state index in [2.05, 4.69) is 26.1 Å². The van der Waals surface area contributed by atoms with Crippen LogP contribution in [0.3, 0.4) is 0 Å². The summed E-state index contributed by atoms with van der Waals surface area (Å²) in [6.45, 7) is 1.17. The number of nitrogens with one attached hydrogen (secondary N) is 4. The topological polar surface area (TPSA) is 133 Å². The average Bonchev–Trinajstić information content (AvgIpc) is 3.20. The maximum absolute atomic E-state index is 12.5. The van der Waals surface area contributed by atoms with E-state index in [-0.39, 0.29) is 35.2 Å². The van der Waals surface area contributed by atoms with Crippen molar-refractivity contribution in [2.75, 3.05) is 17.2 Å². The lowest BCUT2D eigenvalue weighted by atomic mass is 10.1. The third-order valence-corrected chi connectivity index (χ3v) is 4.06. The number of carbonyl (C=O) groups is 4. The number of nitrogens with zero attached hydrogens (tertiary/aromatic N) is 1. The van der Waals surface area contributed by atoms with E-state index >= 15 is 0 Å². The van der Waals surface area contributed by atoms with Crippen LogP contribution in [0.1, 0.15) is 38.1 Å². The number of anilines is 2. The second-order valence-electron chi connectivity index (χ2n) is 6.35. The summed E-state index contributed by atoms with van der Waals surface area (Å²) in [7, 11) is 0. The summed E-state index contributed by atoms with van der Waals surface area (Å²) < 4.78 is 0. The molecule has 1 aromatic heterocycles. The van der Waals surface area contributed by atoms with E-state index in [0.717, 1.165) is 0 Å². The number of Topliss-reactive ketones (excluding diaryl/α,β-unsaturated/α-hetero) is 1. The highest BCUT2D eigenvalue weighted by Gasteiger charge is 2.18. The fraction of sp³-hybridized carbons (Fsp3) is 0.0952. The molecule has 0 unspecified atom stereocenters. The minimum Gasteiger partial charge on any atom is -0.343 e. The minimum absolute atomic E-state index is 0.0160. The van der Waals surface area contributed by atoms with Gasteiger partial charge in [-0.05, 0) is 18.2 Å². The Balaban J connectivity index is 1.65. The zero-order valence-electron chi connectivity index (χ0n) is 16.1. The summed E-state index contributed by atoms with van der Waals surface area (Å²) in [5, 5.41) is 14.0. The molecule has 3 amide bonds. The molecule has 0 bridgehead atoms. The Kier molecular flexibility index (Phi) is 6.33. The lowest BCUT2D eigenvalue weighted by Crippen LogP contribution is -2.30. The van der Waals surface area contributed by atoms with Gasteiger partial charge in [-0.15, -0.1) is 0 Å². The Morgan fingerprint density at radius 2 is 1.63 bits per heavy atom. The second kappa shape index (κ2) is 9.28. The summed E-state index contributed by atoms with van der Waals surface area (Å²) in [5.74, 6) is -1.58. The molecule has 152 valence electrons. The lowest BCUT2D eigenvalue weighted by Gasteiger charge is -2.08. The number of hydrogen-bond donors (Lipinski definition) is 4. The highest BCUT2D eigenvalue weighted by Crippen LogP contribution is 2.16. The number of benzene rings is 2. The highest BCUT2D eigenvalue weighted by molar-refractivity contribution is 6.09. The number of amides is 3. The Bertz CT molecular complexity index is 1090. The molecule has 0 fully saturated rings. The van der Waals surface area contributed by atoms with Crippen LogP contribution < -0.4 is 16.0 Å². The molecule has 30 heavy (non-hydrogen) atoms. The van der Waals surface area contributed by atoms with Gasteiger partial charge in [0.1, 0.15) is 5.69 Å². The quantitative estimate of drug-likeness (QED) is 0.448. The first-order chi connectivity index (χ1) is 14.4. The van der Waals surface area contributed by atoms with Crippen LogP contribution in [0.4, 0.5) is 11.4 Å². The van der Waals surface area contributed by atoms with E-state index in [4.69, 9.17) is 0 Å². The largest absolute Gasteiger partial charge is 0.343 e. The van der Waals surface area contributed by atoms with E-state index in [1.807, 2.05) is 0 Å². The van der Waals surface area contributed by atoms with Crippen LogP contribution in [-0.4, -0.2) is 40.2 Å². The molecular formula is C21H19N5O4. The maximum atomic E-state index is 12.5. The van der Waals surface area contributed by atoms with Crippen molar-refractivity contribution in [1.29, 1.82) is 0 Å². The van der Waals surface area contributed by atoms with Gasteiger partial charge >= 0.3 is 0 Å². The molecule has 4 N–H and O–H groups in total. The van der Waals surface area contributed by atoms with E-state index in [0.29, 0.717) is 11.3 Å². The van der Waals surface area contributed by atoms with Crippen molar-refractivity contribution in [2.45, 2.75) is 6.92 Å². The normalized spacial score (nSPS) is 10.2. The van der Waals surface area contributed by atoms with Gasteiger partial charge in [0.25, 0.3) is 11.8 Å². The summed E-state index contributed by atoms with van der Waals surface area (Å²) in [6, 6.07) is 14.9. The molecule has 0 atom stereocenters. The number of rotatable bonds is 7. The number of carbonyl (C=O) groups excluding carboxylic acids is 4. The van der Waals surface area contributed by atoms with Gasteiger partial charge in [-0.1, -0.05) is 36.4 Å². The average molecular weight is 405 g/mol. The van der Waals surface area contributed by atoms with Crippen LogP contribution in [0.2, 0.25) is 0 Å². The predicted molar refractivity (Wildman–Crippen MR) is 110 cm³/mol. The van der Waals surface area contributed by atoms with Crippen molar-refractivity contribution < 1.29 is 19.2 Å². The van der Waals surface area contributed by atoms with Crippen molar-refractivity contribution in [3.05, 3.63) is 77.6 Å². The summed E-state index contributed by atoms with van der Waals surface area (Å²) >= 11 is 0. The summed E-state index contributed by atoms with van der Waals surface area (Å²) in [5.41, 5.74) is 1.42. The third kappa shape index (κ3) is 5.16. The van der Waals surface area contributed by atoms with Gasteiger partial charge in [0.15, 0.2) is 5.78 Å². The van der Waals surface area contributed by atoms with Gasteiger partial charge in [-0.25, -0.2) is 0 Å². The molecule has 9 heteroatoms. The summed E-state index contributed by atoms with van der Waals surface area (Å²) in [4.78, 5) is 48.3. The number of H-pyrrole nitrogens is 1. The number of ketones is 1. The fourth-order valence-electron chi connectivity index (χ4n) is 2.66. The van der Waals surface area contributed by atoms with Gasteiger partial charge in [0.05, 0.1) is 18.4 Å². The van der Waals surface area contributed by atoms with E-state index in [1.165, 1.54) is 19.2 Å². The van der Waals surface area contributed by atoms with E-state index < -0.39 is 11.8 Å². The maximum Gasteiger partial charge on any atom is 0.271 e. The molecule has 2 aromatic carbocycles. The molecule has 0 saturated carbocycles. The third-order valence-electron chi connectivity index (χ3n) is 4.06. The molecule has 0 aliphatic heterocycles. The zero-order valence-corrected chi connectivity index (χ0v) is 16.1. The smallest absolute Gasteiger partial charge is 0.271 e. The first-order valence-electron chi connectivity index (χ1n) is 9.03. The number of aromatic amines is 1. The van der Waals surface area contributed by atoms with Gasteiger partial charge in [0.2, 0.25) is 5.91 Å². The number of aromatic nitrogens is 2. The van der Waals surface area contributed by atoms with Crippen molar-refractivity contribution in [3.8, 4) is 0 Å². The molecule has 0 aliphatic carbocycles. The minimum atomic E-state index is -0.584. The standard InChI is InChI=1S/C21H19N5O4/c1-13(27)24-16-9-5-8-15(10-16)20(29)25-17-11-23-26-19(17)21(30)22-12-18(28)14-6-3-2-4-7-14/h2-11H,12H2,1H3,(H,22,30)(H,23,26)(H,24,27)(H,25,29). The zero-order chi connectivity index (χ0) is 21.5. The molecule has 0 saturated heterocycles. The van der Waals surface area contributed by atoms with Gasteiger partial charge in [-0.2, -0.15) is 5.10 Å². The summed E-state index contributed by atoms with van der Waals surface area (Å²) in [6.07, 6.45) is 1.30. The molecule has 0 spiro atoms. The van der Waals surface area contributed by atoms with E-state index in [9.17, 15) is 19.2 Å². The first kappa shape index (κ1) is 20.5. The number of hydrogen-bond acceptors (Lipinski definition) is 5. The Labute approximate surface area is 171 Å². The van der Waals surface area contributed by atoms with Crippen LogP contribution in [-0.2, 0) is 4.79 Å². The van der Waals surface area contributed by atoms with Crippen LogP contribution in [0.25, 0.3) is 0 Å². The molecule has 3 rings (SSSR count). The van der Waals surface area contributed by atoms with Crippen molar-refractivity contribution in [3.63, 3.8) is 0 Å². The van der Waals surface area contributed by atoms with Gasteiger partial charge in [0, 0.05) is 23.7 Å². The van der Waals surface area contributed by atoms with Crippen LogP contribution >= 0.6 is 0 Å². The van der Waals surface area contributed by atoms with Crippen molar-refractivity contribution in [2.24, 2.45) is 0 Å². The Morgan fingerprint density at radius 1 is 0.900 bits per heavy atom. The second-order valence-corrected chi connectivity index (χ2v) is 6.35. The van der Waals surface area contributed by atoms with Crippen molar-refractivity contribution in [1.82, 2.24) is 15.5 Å². The lowest BCUT2D eigenvalue weighted by molar-refractivity contribution is -0.114. The molecule has 1 heterocycles. The fourth-order valence-corrected chi connectivity index (χ4v) is 2.66. The monoisotopic (exact) mass is 405 g/mol. The van der Waals surface area contributed by atoms with Crippen LogP contribution in [0.5, 0.6) is 0 Å². The molecule has 0 radical (unpaired) electrons. The molecule has 0 aliphatic rings. The predicted octanol–water partition coefficient (Wildman–Crippen LogP) is 2.23. The molecule has 9 nitrogen and oxygen atoms in total. The van der Waals surface area contributed by atoms with Gasteiger partial charge < -0.3 is 16.0 Å². The Morgan fingerprint density at radius 3 is 2.37 bits per heavy atom. The first-order valence-corrected chi connectivity index (χ1v) is 9.03.